The van der Waals surface area contributed by atoms with E-state index in [0.29, 0.717) is 12.1 Å². The molecule has 1 saturated heterocycles. The Morgan fingerprint density at radius 1 is 0.909 bits per heavy atom. The molecule has 4 fully saturated rings. The Balaban J connectivity index is 1.26. The Kier molecular flexibility index (Phi) is 12.4. The molecule has 3 saturated carbocycles. The van der Waals surface area contributed by atoms with Crippen molar-refractivity contribution in [2.45, 2.75) is 123 Å². The maximum atomic E-state index is 14.4. The number of nitrogens with one attached hydrogen (secondary N) is 4. The van der Waals surface area contributed by atoms with E-state index in [4.69, 9.17) is 4.74 Å². The van der Waals surface area contributed by atoms with E-state index in [1.807, 2.05) is 41.5 Å². The van der Waals surface area contributed by atoms with Gasteiger partial charge in [-0.2, -0.15) is 0 Å². The average Bonchev–Trinajstić information content (AvgIpc) is 3.98. The van der Waals surface area contributed by atoms with Crippen LogP contribution in [0.4, 0.5) is 4.79 Å². The van der Waals surface area contributed by atoms with Crippen molar-refractivity contribution in [1.29, 1.82) is 0 Å². The molecule has 4 aliphatic rings. The van der Waals surface area contributed by atoms with Gasteiger partial charge in [-0.05, 0) is 73.2 Å². The molecule has 55 heavy (non-hydrogen) atoms. The Morgan fingerprint density at radius 2 is 1.55 bits per heavy atom. The number of hydrogen-bond acceptors (Lipinski definition) is 8. The summed E-state index contributed by atoms with van der Waals surface area (Å²) in [7, 11) is 3.14. The predicted molar refractivity (Wildman–Crippen MR) is 204 cm³/mol. The summed E-state index contributed by atoms with van der Waals surface area (Å²) < 4.78 is 5.87. The Bertz CT molecular complexity index is 1640. The maximum absolute atomic E-state index is 14.4. The van der Waals surface area contributed by atoms with E-state index < -0.39 is 77.2 Å². The van der Waals surface area contributed by atoms with E-state index in [0.717, 1.165) is 44.9 Å². The number of fused-ring (bicyclic) bond motifs is 1. The molecule has 0 radical (unpaired) electrons. The van der Waals surface area contributed by atoms with Crippen LogP contribution < -0.4 is 21.3 Å². The monoisotopic (exact) mass is 764 g/mol. The maximum Gasteiger partial charge on any atom is 0.408 e. The smallest absolute Gasteiger partial charge is 0.408 e. The first-order valence-electron chi connectivity index (χ1n) is 19.7. The number of rotatable bonds is 14. The standard InChI is InChI=1S/C41H60N6O8/c1-39(2,3)33(45-38(54)55-41(6)19-13-10-14-20-41)37(53)47-23-26-29(40(26,4)5)31(47)34(50)43-27(21-24-17-18-24)32(49)35(51)42-22-28(48)44-30(36(52)46(7)8)25-15-11-9-12-16-25/h9,11-12,15-16,24,26-27,29-31,33H,10,13-14,17-23H2,1-8H3,(H,42,51)(H,43,50)(H,44,48)(H,45,54)/t26-,27?,29-,30?,31-,33+/m0/s1. The van der Waals surface area contributed by atoms with Gasteiger partial charge in [-0.25, -0.2) is 4.79 Å². The van der Waals surface area contributed by atoms with Gasteiger partial charge in [0.1, 0.15) is 23.7 Å². The van der Waals surface area contributed by atoms with Gasteiger partial charge in [0.15, 0.2) is 0 Å². The van der Waals surface area contributed by atoms with Crippen LogP contribution in [0.3, 0.4) is 0 Å². The molecular weight excluding hydrogens is 704 g/mol. The number of carbonyl (C=O) groups excluding carboxylic acids is 7. The van der Waals surface area contributed by atoms with E-state index in [1.165, 1.54) is 9.80 Å². The molecule has 4 N–H and O–H groups in total. The van der Waals surface area contributed by atoms with Crippen molar-refractivity contribution in [2.24, 2.45) is 28.6 Å². The molecule has 1 aromatic carbocycles. The molecule has 0 aromatic heterocycles. The number of benzene rings is 1. The van der Waals surface area contributed by atoms with E-state index >= 15 is 0 Å². The molecule has 0 bridgehead atoms. The van der Waals surface area contributed by atoms with Gasteiger partial charge in [-0.1, -0.05) is 84.2 Å². The number of piperidine rings is 1. The summed E-state index contributed by atoms with van der Waals surface area (Å²) in [5, 5.41) is 10.7. The van der Waals surface area contributed by atoms with Crippen LogP contribution in [0.2, 0.25) is 0 Å². The quantitative estimate of drug-likeness (QED) is 0.208. The zero-order valence-electron chi connectivity index (χ0n) is 33.7. The van der Waals surface area contributed by atoms with Crippen LogP contribution >= 0.6 is 0 Å². The van der Waals surface area contributed by atoms with Gasteiger partial charge in [0.25, 0.3) is 5.91 Å². The first-order chi connectivity index (χ1) is 25.7. The lowest BCUT2D eigenvalue weighted by Crippen LogP contribution is -2.61. The van der Waals surface area contributed by atoms with E-state index in [9.17, 15) is 33.6 Å². The van der Waals surface area contributed by atoms with Crippen molar-refractivity contribution in [1.82, 2.24) is 31.1 Å². The van der Waals surface area contributed by atoms with Crippen molar-refractivity contribution in [3.05, 3.63) is 35.9 Å². The summed E-state index contributed by atoms with van der Waals surface area (Å²) in [4.78, 5) is 97.4. The molecule has 14 nitrogen and oxygen atoms in total. The second-order valence-electron chi connectivity index (χ2n) is 18.2. The van der Waals surface area contributed by atoms with Crippen LogP contribution in [0.15, 0.2) is 30.3 Å². The van der Waals surface area contributed by atoms with E-state index in [2.05, 4.69) is 21.3 Å². The van der Waals surface area contributed by atoms with Gasteiger partial charge < -0.3 is 35.8 Å². The molecule has 0 spiro atoms. The van der Waals surface area contributed by atoms with Crippen LogP contribution in [0.5, 0.6) is 0 Å². The third-order valence-electron chi connectivity index (χ3n) is 12.0. The number of Topliss-reactive ketones (excluding diaryl/α,β-unsaturated/α-hetero) is 1. The molecule has 5 rings (SSSR count). The Morgan fingerprint density at radius 3 is 2.13 bits per heavy atom. The minimum Gasteiger partial charge on any atom is -0.443 e. The number of hydrogen-bond donors (Lipinski definition) is 4. The predicted octanol–water partition coefficient (Wildman–Crippen LogP) is 3.25. The summed E-state index contributed by atoms with van der Waals surface area (Å²) in [5.74, 6) is -3.91. The highest BCUT2D eigenvalue weighted by Crippen LogP contribution is 2.65. The summed E-state index contributed by atoms with van der Waals surface area (Å²) in [6, 6.07) is 4.61. The summed E-state index contributed by atoms with van der Waals surface area (Å²) in [6.07, 6.45) is 5.79. The topological polar surface area (TPSA) is 183 Å². The van der Waals surface area contributed by atoms with E-state index in [-0.39, 0.29) is 35.5 Å². The Hall–Kier alpha value is -4.49. The SMILES string of the molecule is CN(C)C(=O)C(NC(=O)CNC(=O)C(=O)C(CC1CC1)NC(=O)[C@@H]1[C@@H]2[C@H](CN1C(=O)[C@@H](NC(=O)OC1(C)CCCCC1)C(C)(C)C)C2(C)C)c1ccccc1. The van der Waals surface area contributed by atoms with Gasteiger partial charge in [0, 0.05) is 20.6 Å². The molecule has 1 aromatic rings. The largest absolute Gasteiger partial charge is 0.443 e. The van der Waals surface area contributed by atoms with Gasteiger partial charge in [0.05, 0.1) is 12.6 Å². The van der Waals surface area contributed by atoms with Crippen LogP contribution in [0, 0.1) is 28.6 Å². The third-order valence-corrected chi connectivity index (χ3v) is 12.0. The lowest BCUT2D eigenvalue weighted by molar-refractivity contribution is -0.145. The lowest BCUT2D eigenvalue weighted by atomic mass is 9.85. The van der Waals surface area contributed by atoms with Crippen LogP contribution in [0.1, 0.15) is 105 Å². The minimum absolute atomic E-state index is 0.0411. The average molecular weight is 765 g/mol. The highest BCUT2D eigenvalue weighted by atomic mass is 16.6. The zero-order valence-corrected chi connectivity index (χ0v) is 33.7. The molecule has 2 unspecified atom stereocenters. The molecule has 1 heterocycles. The van der Waals surface area contributed by atoms with Crippen molar-refractivity contribution in [3.63, 3.8) is 0 Å². The van der Waals surface area contributed by atoms with E-state index in [1.54, 1.807) is 44.4 Å². The number of amides is 6. The minimum atomic E-state index is -1.17. The summed E-state index contributed by atoms with van der Waals surface area (Å²) >= 11 is 0. The fourth-order valence-electron chi connectivity index (χ4n) is 8.39. The van der Waals surface area contributed by atoms with Crippen LogP contribution in [0.25, 0.3) is 0 Å². The van der Waals surface area contributed by atoms with Gasteiger partial charge in [0.2, 0.25) is 29.4 Å². The Labute approximate surface area is 324 Å². The summed E-state index contributed by atoms with van der Waals surface area (Å²) in [6.45, 7) is 11.3. The molecule has 302 valence electrons. The zero-order chi connectivity index (χ0) is 40.5. The molecule has 6 atom stereocenters. The first kappa shape index (κ1) is 41.7. The number of likely N-dealkylation sites (tertiary alicyclic amines) is 1. The normalized spacial score (nSPS) is 23.9. The highest BCUT2D eigenvalue weighted by Gasteiger charge is 2.70. The number of carbonyl (C=O) groups is 7. The fraction of sp³-hybridized carbons (Fsp3) is 0.683. The molecule has 6 amide bonds. The number of alkyl carbamates (subject to hydrolysis) is 1. The molecule has 1 aliphatic heterocycles. The van der Waals surface area contributed by atoms with Crippen LogP contribution in [-0.2, 0) is 33.5 Å². The van der Waals surface area contributed by atoms with Crippen molar-refractivity contribution in [3.8, 4) is 0 Å². The van der Waals surface area contributed by atoms with Crippen molar-refractivity contribution in [2.75, 3.05) is 27.2 Å². The van der Waals surface area contributed by atoms with Crippen LogP contribution in [-0.4, -0.2) is 102 Å². The number of ketones is 1. The molecule has 14 heteroatoms. The van der Waals surface area contributed by atoms with Gasteiger partial charge in [-0.15, -0.1) is 0 Å². The lowest BCUT2D eigenvalue weighted by Gasteiger charge is -2.39. The highest BCUT2D eigenvalue weighted by molar-refractivity contribution is 6.38. The van der Waals surface area contributed by atoms with Gasteiger partial charge in [-0.3, -0.25) is 28.8 Å². The number of likely N-dealkylation sites (N-methyl/N-ethyl adjacent to an activating group) is 1. The number of ether oxygens (including phenoxy) is 1. The third kappa shape index (κ3) is 9.85. The molecule has 3 aliphatic carbocycles. The van der Waals surface area contributed by atoms with Gasteiger partial charge >= 0.3 is 6.09 Å². The summed E-state index contributed by atoms with van der Waals surface area (Å²) in [5.41, 5.74) is -1.000. The molecular formula is C41H60N6O8. The second-order valence-corrected chi connectivity index (χ2v) is 18.2. The van der Waals surface area contributed by atoms with Crippen molar-refractivity contribution >= 4 is 41.4 Å². The first-order valence-corrected chi connectivity index (χ1v) is 19.7. The second kappa shape index (κ2) is 16.3. The fourth-order valence-corrected chi connectivity index (χ4v) is 8.39. The van der Waals surface area contributed by atoms with Crippen molar-refractivity contribution < 1.29 is 38.3 Å². The number of nitrogens with zero attached hydrogens (tertiary/aromatic N) is 2.